The summed E-state index contributed by atoms with van der Waals surface area (Å²) >= 11 is 0. The maximum absolute atomic E-state index is 4.39. The van der Waals surface area contributed by atoms with E-state index >= 15 is 0 Å². The predicted molar refractivity (Wildman–Crippen MR) is 69.6 cm³/mol. The van der Waals surface area contributed by atoms with Gasteiger partial charge in [-0.15, -0.1) is 0 Å². The minimum Gasteiger partial charge on any atom is -0.381 e. The molecule has 0 amide bonds. The van der Waals surface area contributed by atoms with E-state index in [1.165, 1.54) is 25.6 Å². The lowest BCUT2D eigenvalue weighted by Crippen LogP contribution is -2.21. The van der Waals surface area contributed by atoms with Gasteiger partial charge >= 0.3 is 0 Å². The van der Waals surface area contributed by atoms with Crippen molar-refractivity contribution in [2.24, 2.45) is 5.92 Å². The third-order valence-electron chi connectivity index (χ3n) is 3.61. The van der Waals surface area contributed by atoms with Crippen LogP contribution < -0.4 is 5.32 Å². The van der Waals surface area contributed by atoms with Gasteiger partial charge in [-0.25, -0.2) is 14.6 Å². The molecule has 0 bridgehead atoms. The lowest BCUT2D eigenvalue weighted by atomic mass is 10.1. The molecule has 0 spiro atoms. The molecule has 18 heavy (non-hydrogen) atoms. The van der Waals surface area contributed by atoms with Gasteiger partial charge in [0.05, 0.1) is 11.9 Å². The molecule has 2 aromatic heterocycles. The summed E-state index contributed by atoms with van der Waals surface area (Å²) in [5, 5.41) is 7.61. The zero-order valence-corrected chi connectivity index (χ0v) is 10.5. The second-order valence-electron chi connectivity index (χ2n) is 4.90. The Balaban J connectivity index is 1.71. The van der Waals surface area contributed by atoms with Crippen LogP contribution in [0.1, 0.15) is 26.2 Å². The van der Waals surface area contributed by atoms with Crippen LogP contribution in [-0.4, -0.2) is 25.8 Å². The molecule has 5 heteroatoms. The number of hydrogen-bond acceptors (Lipinski definition) is 4. The zero-order chi connectivity index (χ0) is 12.4. The van der Waals surface area contributed by atoms with E-state index in [0.29, 0.717) is 6.04 Å². The molecule has 1 N–H and O–H groups in total. The third kappa shape index (κ3) is 2.20. The van der Waals surface area contributed by atoms with Gasteiger partial charge in [-0.2, -0.15) is 5.10 Å². The van der Waals surface area contributed by atoms with Crippen molar-refractivity contribution >= 4 is 5.69 Å². The first-order chi connectivity index (χ1) is 8.83. The fourth-order valence-electron chi connectivity index (χ4n) is 2.51. The van der Waals surface area contributed by atoms with E-state index < -0.39 is 0 Å². The van der Waals surface area contributed by atoms with Crippen LogP contribution in [0, 0.1) is 5.92 Å². The number of rotatable bonds is 3. The second kappa shape index (κ2) is 4.76. The Morgan fingerprint density at radius 3 is 2.89 bits per heavy atom. The fraction of sp³-hybridized carbons (Fsp3) is 0.462. The molecule has 0 saturated heterocycles. The Hall–Kier alpha value is -1.91. The number of pyridine rings is 1. The lowest BCUT2D eigenvalue weighted by molar-refractivity contribution is 0.556. The van der Waals surface area contributed by atoms with Crippen LogP contribution >= 0.6 is 0 Å². The van der Waals surface area contributed by atoms with Crippen LogP contribution in [0.25, 0.3) is 5.82 Å². The Labute approximate surface area is 106 Å². The molecular formula is C13H17N5. The van der Waals surface area contributed by atoms with Gasteiger partial charge in [-0.05, 0) is 30.9 Å². The first-order valence-corrected chi connectivity index (χ1v) is 6.40. The van der Waals surface area contributed by atoms with E-state index in [2.05, 4.69) is 33.4 Å². The summed E-state index contributed by atoms with van der Waals surface area (Å²) in [5.74, 6) is 1.54. The van der Waals surface area contributed by atoms with Gasteiger partial charge in [0.25, 0.3) is 0 Å². The van der Waals surface area contributed by atoms with E-state index in [1.54, 1.807) is 11.0 Å². The molecule has 1 aliphatic carbocycles. The molecule has 2 aromatic rings. The molecule has 0 aliphatic heterocycles. The van der Waals surface area contributed by atoms with E-state index in [-0.39, 0.29) is 0 Å². The van der Waals surface area contributed by atoms with Crippen molar-refractivity contribution < 1.29 is 0 Å². The van der Waals surface area contributed by atoms with Crippen LogP contribution in [0.2, 0.25) is 0 Å². The Bertz CT molecular complexity index is 491. The van der Waals surface area contributed by atoms with Crippen LogP contribution in [-0.2, 0) is 0 Å². The highest BCUT2D eigenvalue weighted by Crippen LogP contribution is 2.27. The van der Waals surface area contributed by atoms with Crippen molar-refractivity contribution in [2.45, 2.75) is 32.2 Å². The average Bonchev–Trinajstić information content (AvgIpc) is 3.03. The topological polar surface area (TPSA) is 55.6 Å². The summed E-state index contributed by atoms with van der Waals surface area (Å²) in [6.45, 7) is 2.31. The van der Waals surface area contributed by atoms with Gasteiger partial charge in [0.15, 0.2) is 5.82 Å². The maximum Gasteiger partial charge on any atom is 0.155 e. The van der Waals surface area contributed by atoms with E-state index in [9.17, 15) is 0 Å². The van der Waals surface area contributed by atoms with Crippen LogP contribution in [0.5, 0.6) is 0 Å². The minimum absolute atomic E-state index is 0.587. The van der Waals surface area contributed by atoms with E-state index in [4.69, 9.17) is 0 Å². The van der Waals surface area contributed by atoms with Gasteiger partial charge in [0.2, 0.25) is 0 Å². The molecule has 1 aliphatic rings. The number of anilines is 1. The number of nitrogens with one attached hydrogen (secondary N) is 1. The summed E-state index contributed by atoms with van der Waals surface area (Å²) in [6.07, 6.45) is 8.92. The minimum atomic E-state index is 0.587. The number of nitrogens with zero attached hydrogens (tertiary/aromatic N) is 4. The average molecular weight is 243 g/mol. The Morgan fingerprint density at radius 2 is 2.28 bits per heavy atom. The Kier molecular flexibility index (Phi) is 2.96. The quantitative estimate of drug-likeness (QED) is 0.898. The number of hydrogen-bond donors (Lipinski definition) is 1. The normalized spacial score (nSPS) is 23.2. The molecule has 5 nitrogen and oxygen atoms in total. The summed E-state index contributed by atoms with van der Waals surface area (Å²) in [4.78, 5) is 8.30. The Morgan fingerprint density at radius 1 is 1.33 bits per heavy atom. The molecule has 0 radical (unpaired) electrons. The second-order valence-corrected chi connectivity index (χ2v) is 4.90. The molecule has 2 heterocycles. The van der Waals surface area contributed by atoms with Crippen molar-refractivity contribution in [3.8, 4) is 5.82 Å². The maximum atomic E-state index is 4.39. The summed E-state index contributed by atoms with van der Waals surface area (Å²) < 4.78 is 1.65. The standard InChI is InChI=1S/C13H17N5/c1-10-3-2-4-12(10)17-11-5-6-13(15-7-11)18-9-14-8-16-18/h5-10,12,17H,2-4H2,1H3. The van der Waals surface area contributed by atoms with Gasteiger partial charge in [0, 0.05) is 6.04 Å². The first-order valence-electron chi connectivity index (χ1n) is 6.40. The molecule has 2 unspecified atom stereocenters. The van der Waals surface area contributed by atoms with Gasteiger partial charge < -0.3 is 5.32 Å². The van der Waals surface area contributed by atoms with Crippen molar-refractivity contribution in [3.05, 3.63) is 31.0 Å². The number of aromatic nitrogens is 4. The SMILES string of the molecule is CC1CCCC1Nc1ccc(-n2cncn2)nc1. The summed E-state index contributed by atoms with van der Waals surface area (Å²) in [5.41, 5.74) is 1.08. The highest BCUT2D eigenvalue weighted by Gasteiger charge is 2.22. The van der Waals surface area contributed by atoms with Gasteiger partial charge in [-0.3, -0.25) is 0 Å². The predicted octanol–water partition coefficient (Wildman–Crippen LogP) is 2.26. The van der Waals surface area contributed by atoms with Gasteiger partial charge in [0.1, 0.15) is 12.7 Å². The molecule has 1 fully saturated rings. The highest BCUT2D eigenvalue weighted by molar-refractivity contribution is 5.44. The van der Waals surface area contributed by atoms with Crippen molar-refractivity contribution in [1.29, 1.82) is 0 Å². The van der Waals surface area contributed by atoms with E-state index in [1.807, 2.05) is 12.3 Å². The van der Waals surface area contributed by atoms with Crippen LogP contribution in [0.4, 0.5) is 5.69 Å². The third-order valence-corrected chi connectivity index (χ3v) is 3.61. The van der Waals surface area contributed by atoms with Gasteiger partial charge in [-0.1, -0.05) is 13.3 Å². The molecule has 3 rings (SSSR count). The monoisotopic (exact) mass is 243 g/mol. The molecule has 94 valence electrons. The van der Waals surface area contributed by atoms with Crippen molar-refractivity contribution in [2.75, 3.05) is 5.32 Å². The highest BCUT2D eigenvalue weighted by atomic mass is 15.3. The van der Waals surface area contributed by atoms with E-state index in [0.717, 1.165) is 17.4 Å². The molecule has 0 aromatic carbocycles. The van der Waals surface area contributed by atoms with Crippen molar-refractivity contribution in [3.63, 3.8) is 0 Å². The summed E-state index contributed by atoms with van der Waals surface area (Å²) in [7, 11) is 0. The molecule has 1 saturated carbocycles. The van der Waals surface area contributed by atoms with Crippen LogP contribution in [0.15, 0.2) is 31.0 Å². The fourth-order valence-corrected chi connectivity index (χ4v) is 2.51. The van der Waals surface area contributed by atoms with Crippen LogP contribution in [0.3, 0.4) is 0 Å². The zero-order valence-electron chi connectivity index (χ0n) is 10.5. The lowest BCUT2D eigenvalue weighted by Gasteiger charge is -2.18. The first kappa shape index (κ1) is 11.2. The summed E-state index contributed by atoms with van der Waals surface area (Å²) in [6, 6.07) is 4.59. The largest absolute Gasteiger partial charge is 0.381 e. The molecular weight excluding hydrogens is 226 g/mol. The molecule has 2 atom stereocenters. The smallest absolute Gasteiger partial charge is 0.155 e. The van der Waals surface area contributed by atoms with Crippen molar-refractivity contribution in [1.82, 2.24) is 19.7 Å².